The van der Waals surface area contributed by atoms with Crippen molar-refractivity contribution >= 4 is 51.9 Å². The fourth-order valence-electron chi connectivity index (χ4n) is 3.60. The minimum atomic E-state index is -0.265. The SMILES string of the molecule is CCOc1cc(/C=C2\SC(=S)N(CCCOC)C2=O)ccc1OCC(=O)Nc1cc(C)cc(C)c1. The number of hydrogen-bond acceptors (Lipinski definition) is 7. The Kier molecular flexibility index (Phi) is 9.71. The first kappa shape index (κ1) is 26.7. The van der Waals surface area contributed by atoms with Crippen molar-refractivity contribution in [1.82, 2.24) is 4.90 Å². The van der Waals surface area contributed by atoms with Crippen molar-refractivity contribution in [2.24, 2.45) is 0 Å². The Hall–Kier alpha value is -2.88. The van der Waals surface area contributed by atoms with E-state index in [0.717, 1.165) is 22.4 Å². The van der Waals surface area contributed by atoms with Crippen LogP contribution in [0.4, 0.5) is 5.69 Å². The molecule has 1 saturated heterocycles. The molecule has 35 heavy (non-hydrogen) atoms. The van der Waals surface area contributed by atoms with Gasteiger partial charge in [0.25, 0.3) is 11.8 Å². The molecule has 1 heterocycles. The fourth-order valence-corrected chi connectivity index (χ4v) is 4.91. The Bertz CT molecular complexity index is 1110. The number of hydrogen-bond donors (Lipinski definition) is 1. The highest BCUT2D eigenvalue weighted by Crippen LogP contribution is 2.35. The zero-order valence-electron chi connectivity index (χ0n) is 20.4. The number of nitrogens with zero attached hydrogens (tertiary/aromatic N) is 1. The summed E-state index contributed by atoms with van der Waals surface area (Å²) in [5.74, 6) is 0.568. The van der Waals surface area contributed by atoms with Gasteiger partial charge in [-0.15, -0.1) is 0 Å². The normalized spacial score (nSPS) is 14.5. The lowest BCUT2D eigenvalue weighted by molar-refractivity contribution is -0.122. The summed E-state index contributed by atoms with van der Waals surface area (Å²) in [6, 6.07) is 11.2. The smallest absolute Gasteiger partial charge is 0.266 e. The summed E-state index contributed by atoms with van der Waals surface area (Å²) in [5, 5.41) is 2.86. The molecule has 1 aliphatic rings. The van der Waals surface area contributed by atoms with E-state index in [-0.39, 0.29) is 18.4 Å². The van der Waals surface area contributed by atoms with E-state index in [2.05, 4.69) is 5.32 Å². The monoisotopic (exact) mass is 514 g/mol. The quantitative estimate of drug-likeness (QED) is 0.258. The van der Waals surface area contributed by atoms with Gasteiger partial charge in [0.05, 0.1) is 11.5 Å². The number of thiocarbonyl (C=S) groups is 1. The first-order valence-electron chi connectivity index (χ1n) is 11.3. The third-order valence-electron chi connectivity index (χ3n) is 5.03. The Morgan fingerprint density at radius 2 is 1.86 bits per heavy atom. The number of ether oxygens (including phenoxy) is 3. The molecular formula is C26H30N2O5S2. The van der Waals surface area contributed by atoms with Gasteiger partial charge in [-0.3, -0.25) is 14.5 Å². The molecule has 3 rings (SSSR count). The van der Waals surface area contributed by atoms with Crippen molar-refractivity contribution in [1.29, 1.82) is 0 Å². The van der Waals surface area contributed by atoms with E-state index in [1.807, 2.05) is 45.0 Å². The molecule has 2 aromatic carbocycles. The summed E-state index contributed by atoms with van der Waals surface area (Å²) in [6.45, 7) is 7.19. The Morgan fingerprint density at radius 1 is 1.11 bits per heavy atom. The molecule has 1 N–H and O–H groups in total. The second-order valence-electron chi connectivity index (χ2n) is 8.03. The van der Waals surface area contributed by atoms with E-state index in [9.17, 15) is 9.59 Å². The highest BCUT2D eigenvalue weighted by molar-refractivity contribution is 8.26. The first-order chi connectivity index (χ1) is 16.8. The second-order valence-corrected chi connectivity index (χ2v) is 9.71. The number of amides is 2. The van der Waals surface area contributed by atoms with Gasteiger partial charge in [-0.1, -0.05) is 36.1 Å². The first-order valence-corrected chi connectivity index (χ1v) is 12.5. The summed E-state index contributed by atoms with van der Waals surface area (Å²) in [5.41, 5.74) is 3.65. The minimum absolute atomic E-state index is 0.113. The van der Waals surface area contributed by atoms with E-state index in [4.69, 9.17) is 26.4 Å². The summed E-state index contributed by atoms with van der Waals surface area (Å²) in [4.78, 5) is 27.3. The third kappa shape index (κ3) is 7.55. The van der Waals surface area contributed by atoms with Crippen LogP contribution in [0.1, 0.15) is 30.0 Å². The molecule has 1 aliphatic heterocycles. The molecule has 0 bridgehead atoms. The van der Waals surface area contributed by atoms with Gasteiger partial charge in [0, 0.05) is 25.9 Å². The summed E-state index contributed by atoms with van der Waals surface area (Å²) >= 11 is 6.65. The van der Waals surface area contributed by atoms with Crippen LogP contribution in [-0.2, 0) is 14.3 Å². The molecule has 0 aromatic heterocycles. The zero-order chi connectivity index (χ0) is 25.4. The molecule has 186 valence electrons. The average molecular weight is 515 g/mol. The predicted octanol–water partition coefficient (Wildman–Crippen LogP) is 4.96. The van der Waals surface area contributed by atoms with Gasteiger partial charge < -0.3 is 19.5 Å². The summed E-state index contributed by atoms with van der Waals surface area (Å²) in [6.07, 6.45) is 2.50. The molecule has 0 unspecified atom stereocenters. The summed E-state index contributed by atoms with van der Waals surface area (Å²) < 4.78 is 17.1. The van der Waals surface area contributed by atoms with Crippen LogP contribution in [0, 0.1) is 13.8 Å². The van der Waals surface area contributed by atoms with Gasteiger partial charge >= 0.3 is 0 Å². The maximum absolute atomic E-state index is 12.8. The molecule has 0 aliphatic carbocycles. The lowest BCUT2D eigenvalue weighted by Crippen LogP contribution is -2.29. The second kappa shape index (κ2) is 12.7. The van der Waals surface area contributed by atoms with Crippen LogP contribution in [0.25, 0.3) is 6.08 Å². The molecule has 0 radical (unpaired) electrons. The van der Waals surface area contributed by atoms with Crippen LogP contribution >= 0.6 is 24.0 Å². The molecule has 2 aromatic rings. The molecule has 2 amide bonds. The van der Waals surface area contributed by atoms with Crippen molar-refractivity contribution in [2.45, 2.75) is 27.2 Å². The van der Waals surface area contributed by atoms with Crippen molar-refractivity contribution in [3.05, 3.63) is 58.0 Å². The largest absolute Gasteiger partial charge is 0.490 e. The molecule has 1 fully saturated rings. The van der Waals surface area contributed by atoms with E-state index >= 15 is 0 Å². The van der Waals surface area contributed by atoms with E-state index in [0.29, 0.717) is 46.9 Å². The number of anilines is 1. The number of methoxy groups -OCH3 is 1. The lowest BCUT2D eigenvalue weighted by atomic mass is 10.1. The number of carbonyl (C=O) groups is 2. The van der Waals surface area contributed by atoms with Crippen LogP contribution in [0.15, 0.2) is 41.3 Å². The Labute approximate surface area is 215 Å². The molecule has 0 atom stereocenters. The standard InChI is InChI=1S/C26H30N2O5S2/c1-5-32-22-14-19(15-23-25(30)28(26(34)35-23)9-6-10-31-4)7-8-21(22)33-16-24(29)27-20-12-17(2)11-18(3)13-20/h7-8,11-15H,5-6,9-10,16H2,1-4H3,(H,27,29)/b23-15-. The van der Waals surface area contributed by atoms with Crippen LogP contribution in [0.3, 0.4) is 0 Å². The van der Waals surface area contributed by atoms with Crippen molar-refractivity contribution < 1.29 is 23.8 Å². The molecule has 9 heteroatoms. The predicted molar refractivity (Wildman–Crippen MR) is 144 cm³/mol. The maximum Gasteiger partial charge on any atom is 0.266 e. The maximum atomic E-state index is 12.8. The highest BCUT2D eigenvalue weighted by Gasteiger charge is 2.31. The Morgan fingerprint density at radius 3 is 2.54 bits per heavy atom. The highest BCUT2D eigenvalue weighted by atomic mass is 32.2. The molecule has 0 saturated carbocycles. The van der Waals surface area contributed by atoms with E-state index < -0.39 is 0 Å². The van der Waals surface area contributed by atoms with Crippen molar-refractivity contribution in [3.63, 3.8) is 0 Å². The lowest BCUT2D eigenvalue weighted by Gasteiger charge is -2.14. The Balaban J connectivity index is 1.67. The summed E-state index contributed by atoms with van der Waals surface area (Å²) in [7, 11) is 1.63. The number of nitrogens with one attached hydrogen (secondary N) is 1. The van der Waals surface area contributed by atoms with Crippen LogP contribution in [0.5, 0.6) is 11.5 Å². The van der Waals surface area contributed by atoms with Crippen molar-refractivity contribution in [3.8, 4) is 11.5 Å². The van der Waals surface area contributed by atoms with E-state index in [1.54, 1.807) is 30.2 Å². The average Bonchev–Trinajstić information content (AvgIpc) is 3.05. The minimum Gasteiger partial charge on any atom is -0.490 e. The number of carbonyl (C=O) groups excluding carboxylic acids is 2. The van der Waals surface area contributed by atoms with Crippen molar-refractivity contribution in [2.75, 3.05) is 38.8 Å². The molecular weight excluding hydrogens is 484 g/mol. The van der Waals surface area contributed by atoms with Crippen LogP contribution in [-0.4, -0.2) is 54.5 Å². The number of thioether (sulfide) groups is 1. The van der Waals surface area contributed by atoms with Gasteiger partial charge in [-0.25, -0.2) is 0 Å². The van der Waals surface area contributed by atoms with Gasteiger partial charge in [-0.05, 0) is 74.2 Å². The number of aryl methyl sites for hydroxylation is 2. The molecule has 0 spiro atoms. The van der Waals surface area contributed by atoms with Gasteiger partial charge in [0.2, 0.25) is 0 Å². The van der Waals surface area contributed by atoms with Gasteiger partial charge in [0.1, 0.15) is 4.32 Å². The van der Waals surface area contributed by atoms with Crippen LogP contribution in [0.2, 0.25) is 0 Å². The van der Waals surface area contributed by atoms with Crippen LogP contribution < -0.4 is 14.8 Å². The third-order valence-corrected chi connectivity index (χ3v) is 6.41. The molecule has 7 nitrogen and oxygen atoms in total. The van der Waals surface area contributed by atoms with E-state index in [1.165, 1.54) is 11.8 Å². The topological polar surface area (TPSA) is 77.1 Å². The van der Waals surface area contributed by atoms with Gasteiger partial charge in [-0.2, -0.15) is 0 Å². The fraction of sp³-hybridized carbons (Fsp3) is 0.346. The van der Waals surface area contributed by atoms with Gasteiger partial charge in [0.15, 0.2) is 18.1 Å². The zero-order valence-corrected chi connectivity index (χ0v) is 22.0. The number of benzene rings is 2. The number of rotatable bonds is 11.